The second kappa shape index (κ2) is 9.59. The first-order valence-electron chi connectivity index (χ1n) is 10.6. The standard InChI is InChI=1S/C20H30N10O2/c1-20(31)3-6-29(7-4-22-15-9-16(25-11-24-15)23-5-8-32-2)10-14(20)30-13-28-17-18(21)26-12-27-19(17)30/h9,11-14,31H,3-8,10H2,1-2H3,(H2,21,26,27)(H2,22,23,24,25)/t14-,20-/m1/s1. The minimum atomic E-state index is -0.882. The highest BCUT2D eigenvalue weighted by atomic mass is 16.5. The molecule has 0 spiro atoms. The van der Waals surface area contributed by atoms with Crippen molar-refractivity contribution in [3.63, 3.8) is 0 Å². The van der Waals surface area contributed by atoms with Crippen molar-refractivity contribution >= 4 is 28.6 Å². The molecule has 2 atom stereocenters. The van der Waals surface area contributed by atoms with Crippen LogP contribution in [0, 0.1) is 0 Å². The average molecular weight is 443 g/mol. The van der Waals surface area contributed by atoms with Crippen LogP contribution in [0.15, 0.2) is 25.0 Å². The number of aliphatic hydroxyl groups is 1. The Labute approximate surface area is 186 Å². The van der Waals surface area contributed by atoms with E-state index < -0.39 is 5.60 Å². The van der Waals surface area contributed by atoms with Crippen LogP contribution in [0.1, 0.15) is 19.4 Å². The van der Waals surface area contributed by atoms with Crippen LogP contribution in [0.25, 0.3) is 11.2 Å². The maximum atomic E-state index is 11.1. The van der Waals surface area contributed by atoms with Crippen LogP contribution in [0.2, 0.25) is 0 Å². The molecule has 0 bridgehead atoms. The lowest BCUT2D eigenvalue weighted by Gasteiger charge is -2.43. The van der Waals surface area contributed by atoms with Gasteiger partial charge in [0.25, 0.3) is 0 Å². The Balaban J connectivity index is 1.37. The van der Waals surface area contributed by atoms with Gasteiger partial charge in [0.05, 0.1) is 24.6 Å². The third-order valence-electron chi connectivity index (χ3n) is 5.82. The van der Waals surface area contributed by atoms with E-state index in [0.29, 0.717) is 49.6 Å². The first kappa shape index (κ1) is 22.1. The number of aromatic nitrogens is 6. The molecule has 1 aliphatic rings. The van der Waals surface area contributed by atoms with Crippen molar-refractivity contribution in [3.05, 3.63) is 25.0 Å². The number of nitrogen functional groups attached to an aromatic ring is 1. The molecule has 3 aromatic heterocycles. The molecule has 0 aliphatic carbocycles. The predicted molar refractivity (Wildman–Crippen MR) is 121 cm³/mol. The van der Waals surface area contributed by atoms with E-state index in [1.54, 1.807) is 13.4 Å². The van der Waals surface area contributed by atoms with Crippen molar-refractivity contribution in [2.24, 2.45) is 0 Å². The van der Waals surface area contributed by atoms with Gasteiger partial charge in [-0.3, -0.25) is 4.90 Å². The molecule has 0 aromatic carbocycles. The van der Waals surface area contributed by atoms with Gasteiger partial charge < -0.3 is 30.8 Å². The summed E-state index contributed by atoms with van der Waals surface area (Å²) in [6.07, 6.45) is 5.28. The van der Waals surface area contributed by atoms with Crippen molar-refractivity contribution in [3.8, 4) is 0 Å². The molecule has 0 unspecified atom stereocenters. The molecule has 0 amide bonds. The number of rotatable bonds is 9. The van der Waals surface area contributed by atoms with Crippen molar-refractivity contribution in [1.82, 2.24) is 34.4 Å². The predicted octanol–water partition coefficient (Wildman–Crippen LogP) is 0.367. The summed E-state index contributed by atoms with van der Waals surface area (Å²) in [4.78, 5) is 23.5. The van der Waals surface area contributed by atoms with Crippen molar-refractivity contribution in [2.45, 2.75) is 25.0 Å². The van der Waals surface area contributed by atoms with Gasteiger partial charge in [0, 0.05) is 45.9 Å². The average Bonchev–Trinajstić information content (AvgIpc) is 3.20. The lowest BCUT2D eigenvalue weighted by atomic mass is 9.88. The number of nitrogens with zero attached hydrogens (tertiary/aromatic N) is 7. The summed E-state index contributed by atoms with van der Waals surface area (Å²) in [5.74, 6) is 1.85. The fourth-order valence-electron chi connectivity index (χ4n) is 3.95. The molecule has 3 aromatic rings. The SMILES string of the molecule is COCCNc1cc(NCCN2CC[C@@](C)(O)[C@H](n3cnc4c(N)ncnc43)C2)ncn1. The highest BCUT2D eigenvalue weighted by molar-refractivity contribution is 5.81. The maximum absolute atomic E-state index is 11.1. The number of likely N-dealkylation sites (tertiary alicyclic amines) is 1. The van der Waals surface area contributed by atoms with E-state index in [2.05, 4.69) is 40.5 Å². The van der Waals surface area contributed by atoms with Crippen molar-refractivity contribution < 1.29 is 9.84 Å². The lowest BCUT2D eigenvalue weighted by molar-refractivity contribution is -0.0487. The normalized spacial score (nSPS) is 21.7. The Morgan fingerprint density at radius 2 is 1.91 bits per heavy atom. The fraction of sp³-hybridized carbons (Fsp3) is 0.550. The number of nitrogens with two attached hydrogens (primary N) is 1. The summed E-state index contributed by atoms with van der Waals surface area (Å²) in [6, 6.07) is 1.67. The summed E-state index contributed by atoms with van der Waals surface area (Å²) in [6.45, 7) is 6.12. The number of nitrogens with one attached hydrogen (secondary N) is 2. The molecule has 172 valence electrons. The fourth-order valence-corrected chi connectivity index (χ4v) is 3.95. The zero-order valence-electron chi connectivity index (χ0n) is 18.4. The van der Waals surface area contributed by atoms with Gasteiger partial charge in [-0.1, -0.05) is 0 Å². The third-order valence-corrected chi connectivity index (χ3v) is 5.82. The van der Waals surface area contributed by atoms with E-state index in [9.17, 15) is 5.11 Å². The molecule has 1 fully saturated rings. The highest BCUT2D eigenvalue weighted by Gasteiger charge is 2.39. The van der Waals surface area contributed by atoms with Crippen LogP contribution in [0.5, 0.6) is 0 Å². The smallest absolute Gasteiger partial charge is 0.165 e. The van der Waals surface area contributed by atoms with Gasteiger partial charge in [-0.15, -0.1) is 0 Å². The van der Waals surface area contributed by atoms with Crippen LogP contribution < -0.4 is 16.4 Å². The molecule has 1 saturated heterocycles. The van der Waals surface area contributed by atoms with Gasteiger partial charge in [0.15, 0.2) is 11.5 Å². The molecule has 1 aliphatic heterocycles. The van der Waals surface area contributed by atoms with Gasteiger partial charge in [-0.25, -0.2) is 24.9 Å². The van der Waals surface area contributed by atoms with E-state index in [0.717, 1.165) is 24.7 Å². The number of ether oxygens (including phenoxy) is 1. The molecular weight excluding hydrogens is 412 g/mol. The number of fused-ring (bicyclic) bond motifs is 1. The van der Waals surface area contributed by atoms with Crippen LogP contribution in [0.4, 0.5) is 17.5 Å². The Hall–Kier alpha value is -3.09. The summed E-state index contributed by atoms with van der Waals surface area (Å²) in [5, 5.41) is 17.6. The minimum absolute atomic E-state index is 0.203. The van der Waals surface area contributed by atoms with E-state index in [4.69, 9.17) is 10.5 Å². The number of methoxy groups -OCH3 is 1. The quantitative estimate of drug-likeness (QED) is 0.340. The molecule has 12 nitrogen and oxygen atoms in total. The minimum Gasteiger partial charge on any atom is -0.388 e. The second-order valence-electron chi connectivity index (χ2n) is 8.14. The topological polar surface area (TPSA) is 152 Å². The molecular formula is C20H30N10O2. The molecule has 4 heterocycles. The number of imidazole rings is 1. The molecule has 0 saturated carbocycles. The Morgan fingerprint density at radius 1 is 1.16 bits per heavy atom. The largest absolute Gasteiger partial charge is 0.388 e. The van der Waals surface area contributed by atoms with Crippen LogP contribution >= 0.6 is 0 Å². The molecule has 4 rings (SSSR count). The van der Waals surface area contributed by atoms with Gasteiger partial charge >= 0.3 is 0 Å². The number of piperidine rings is 1. The Kier molecular flexibility index (Phi) is 6.63. The van der Waals surface area contributed by atoms with Crippen molar-refractivity contribution in [1.29, 1.82) is 0 Å². The maximum Gasteiger partial charge on any atom is 0.165 e. The number of hydrogen-bond acceptors (Lipinski definition) is 11. The van der Waals surface area contributed by atoms with E-state index in [1.807, 2.05) is 17.6 Å². The first-order valence-corrected chi connectivity index (χ1v) is 10.6. The molecule has 12 heteroatoms. The molecule has 32 heavy (non-hydrogen) atoms. The highest BCUT2D eigenvalue weighted by Crippen LogP contribution is 2.33. The van der Waals surface area contributed by atoms with E-state index in [-0.39, 0.29) is 6.04 Å². The zero-order valence-corrected chi connectivity index (χ0v) is 18.4. The van der Waals surface area contributed by atoms with Gasteiger partial charge in [-0.05, 0) is 13.3 Å². The lowest BCUT2D eigenvalue weighted by Crippen LogP contribution is -2.51. The first-order chi connectivity index (χ1) is 15.5. The molecule has 5 N–H and O–H groups in total. The van der Waals surface area contributed by atoms with Gasteiger partial charge in [0.1, 0.15) is 29.8 Å². The zero-order chi connectivity index (χ0) is 22.6. The number of anilines is 3. The summed E-state index contributed by atoms with van der Waals surface area (Å²) >= 11 is 0. The van der Waals surface area contributed by atoms with Gasteiger partial charge in [-0.2, -0.15) is 0 Å². The number of hydrogen-bond donors (Lipinski definition) is 4. The van der Waals surface area contributed by atoms with Crippen LogP contribution in [-0.2, 0) is 4.74 Å². The second-order valence-corrected chi connectivity index (χ2v) is 8.14. The van der Waals surface area contributed by atoms with E-state index in [1.165, 1.54) is 12.7 Å². The Bertz CT molecular complexity index is 1040. The van der Waals surface area contributed by atoms with E-state index >= 15 is 0 Å². The summed E-state index contributed by atoms with van der Waals surface area (Å²) in [7, 11) is 1.66. The van der Waals surface area contributed by atoms with Crippen LogP contribution in [-0.4, -0.2) is 91.5 Å². The van der Waals surface area contributed by atoms with Crippen molar-refractivity contribution in [2.75, 3.05) is 62.8 Å². The monoisotopic (exact) mass is 442 g/mol. The third kappa shape index (κ3) is 4.87. The van der Waals surface area contributed by atoms with Gasteiger partial charge in [0.2, 0.25) is 0 Å². The summed E-state index contributed by atoms with van der Waals surface area (Å²) < 4.78 is 6.95. The Morgan fingerprint density at radius 3 is 2.69 bits per heavy atom. The summed E-state index contributed by atoms with van der Waals surface area (Å²) in [5.41, 5.74) is 6.24. The van der Waals surface area contributed by atoms with Crippen LogP contribution in [0.3, 0.4) is 0 Å². The molecule has 0 radical (unpaired) electrons.